The minimum Gasteiger partial charge on any atom is -0.448 e. The molecule has 21 heavy (non-hydrogen) atoms. The Morgan fingerprint density at radius 1 is 1.24 bits per heavy atom. The monoisotopic (exact) mass is 304 g/mol. The largest absolute Gasteiger partial charge is 0.448 e. The van der Waals surface area contributed by atoms with Crippen LogP contribution < -0.4 is 10.1 Å². The van der Waals surface area contributed by atoms with Crippen LogP contribution in [0.1, 0.15) is 12.0 Å². The van der Waals surface area contributed by atoms with E-state index in [2.05, 4.69) is 5.32 Å². The number of anilines is 1. The predicted octanol–water partition coefficient (Wildman–Crippen LogP) is 4.40. The zero-order valence-corrected chi connectivity index (χ0v) is 11.9. The fourth-order valence-electron chi connectivity index (χ4n) is 2.40. The van der Waals surface area contributed by atoms with Gasteiger partial charge in [0, 0.05) is 17.6 Å². The molecular formula is C15H13ClN2O3. The maximum Gasteiger partial charge on any atom is 0.313 e. The highest BCUT2D eigenvalue weighted by molar-refractivity contribution is 6.30. The molecule has 2 aromatic rings. The van der Waals surface area contributed by atoms with Crippen molar-refractivity contribution in [3.8, 4) is 11.5 Å². The van der Waals surface area contributed by atoms with Crippen LogP contribution in [0.5, 0.6) is 11.5 Å². The second-order valence-electron chi connectivity index (χ2n) is 4.79. The Bertz CT molecular complexity index is 703. The summed E-state index contributed by atoms with van der Waals surface area (Å²) in [6.07, 6.45) is 2.04. The summed E-state index contributed by atoms with van der Waals surface area (Å²) in [6, 6.07) is 10.1. The molecule has 0 saturated carbocycles. The smallest absolute Gasteiger partial charge is 0.313 e. The average Bonchev–Trinajstić information content (AvgIpc) is 2.49. The summed E-state index contributed by atoms with van der Waals surface area (Å²) < 4.78 is 5.76. The lowest BCUT2D eigenvalue weighted by molar-refractivity contribution is -0.385. The lowest BCUT2D eigenvalue weighted by atomic mass is 10.0. The molecule has 0 amide bonds. The summed E-state index contributed by atoms with van der Waals surface area (Å²) in [5.41, 5.74) is 1.93. The molecule has 1 aliphatic heterocycles. The van der Waals surface area contributed by atoms with Crippen molar-refractivity contribution >= 4 is 23.0 Å². The highest BCUT2D eigenvalue weighted by Gasteiger charge is 2.19. The summed E-state index contributed by atoms with van der Waals surface area (Å²) in [7, 11) is 0. The Morgan fingerprint density at radius 3 is 2.90 bits per heavy atom. The van der Waals surface area contributed by atoms with Gasteiger partial charge in [0.05, 0.1) is 10.6 Å². The van der Waals surface area contributed by atoms with Crippen LogP contribution in [0.4, 0.5) is 11.4 Å². The number of benzene rings is 2. The fourth-order valence-corrected chi connectivity index (χ4v) is 2.57. The molecule has 108 valence electrons. The Hall–Kier alpha value is -2.27. The predicted molar refractivity (Wildman–Crippen MR) is 81.4 cm³/mol. The first-order valence-electron chi connectivity index (χ1n) is 6.63. The van der Waals surface area contributed by atoms with Crippen LogP contribution in [0.25, 0.3) is 0 Å². The van der Waals surface area contributed by atoms with Gasteiger partial charge in [0.25, 0.3) is 0 Å². The molecule has 3 rings (SSSR count). The number of rotatable bonds is 3. The van der Waals surface area contributed by atoms with Crippen molar-refractivity contribution in [3.63, 3.8) is 0 Å². The van der Waals surface area contributed by atoms with Crippen LogP contribution in [-0.2, 0) is 6.42 Å². The van der Waals surface area contributed by atoms with E-state index in [0.717, 1.165) is 30.6 Å². The van der Waals surface area contributed by atoms with Gasteiger partial charge in [-0.3, -0.25) is 10.1 Å². The maximum atomic E-state index is 11.1. The van der Waals surface area contributed by atoms with Gasteiger partial charge in [-0.05, 0) is 36.6 Å². The molecule has 0 fully saturated rings. The zero-order valence-electron chi connectivity index (χ0n) is 11.1. The molecule has 1 N–H and O–H groups in total. The molecule has 2 aromatic carbocycles. The lowest BCUT2D eigenvalue weighted by Crippen LogP contribution is -2.12. The van der Waals surface area contributed by atoms with E-state index >= 15 is 0 Å². The maximum absolute atomic E-state index is 11.1. The molecule has 0 spiro atoms. The molecule has 0 atom stereocenters. The highest BCUT2D eigenvalue weighted by atomic mass is 35.5. The summed E-state index contributed by atoms with van der Waals surface area (Å²) in [6.45, 7) is 0.871. The van der Waals surface area contributed by atoms with E-state index in [4.69, 9.17) is 16.3 Å². The van der Waals surface area contributed by atoms with Gasteiger partial charge in [0.1, 0.15) is 0 Å². The van der Waals surface area contributed by atoms with Crippen molar-refractivity contribution in [2.24, 2.45) is 0 Å². The van der Waals surface area contributed by atoms with Crippen LogP contribution >= 0.6 is 11.6 Å². The third-order valence-corrected chi connectivity index (χ3v) is 3.61. The van der Waals surface area contributed by atoms with Gasteiger partial charge >= 0.3 is 5.69 Å². The SMILES string of the molecule is O=[N+]([O-])c1cc(Cl)ccc1Oc1cccc2c1NCCC2. The van der Waals surface area contributed by atoms with Crippen molar-refractivity contribution in [2.45, 2.75) is 12.8 Å². The number of aryl methyl sites for hydroxylation is 1. The molecule has 0 saturated heterocycles. The number of fused-ring (bicyclic) bond motifs is 1. The minimum atomic E-state index is -0.496. The standard InChI is InChI=1S/C15H13ClN2O3/c16-11-6-7-13(12(9-11)18(19)20)21-14-5-1-3-10-4-2-8-17-15(10)14/h1,3,5-7,9,17H,2,4,8H2. The highest BCUT2D eigenvalue weighted by Crippen LogP contribution is 2.39. The molecular weight excluding hydrogens is 292 g/mol. The number of nitrogens with zero attached hydrogens (tertiary/aromatic N) is 1. The normalized spacial score (nSPS) is 13.2. The topological polar surface area (TPSA) is 64.4 Å². The summed E-state index contributed by atoms with van der Waals surface area (Å²) in [5, 5.41) is 14.7. The van der Waals surface area contributed by atoms with Gasteiger partial charge in [-0.15, -0.1) is 0 Å². The molecule has 5 nitrogen and oxygen atoms in total. The zero-order chi connectivity index (χ0) is 14.8. The second-order valence-corrected chi connectivity index (χ2v) is 5.23. The van der Waals surface area contributed by atoms with E-state index in [1.165, 1.54) is 12.1 Å². The van der Waals surface area contributed by atoms with Crippen molar-refractivity contribution in [3.05, 3.63) is 57.1 Å². The molecule has 0 radical (unpaired) electrons. The number of nitro groups is 1. The number of hydrogen-bond acceptors (Lipinski definition) is 4. The average molecular weight is 305 g/mol. The minimum absolute atomic E-state index is 0.143. The third-order valence-electron chi connectivity index (χ3n) is 3.37. The first-order valence-corrected chi connectivity index (χ1v) is 7.00. The number of ether oxygens (including phenoxy) is 1. The molecule has 0 aromatic heterocycles. The van der Waals surface area contributed by atoms with Gasteiger partial charge in [-0.1, -0.05) is 23.7 Å². The Labute approximate surface area is 126 Å². The Balaban J connectivity index is 2.00. The number of para-hydroxylation sites is 1. The number of hydrogen-bond donors (Lipinski definition) is 1. The van der Waals surface area contributed by atoms with E-state index in [9.17, 15) is 10.1 Å². The Kier molecular flexibility index (Phi) is 3.66. The fraction of sp³-hybridized carbons (Fsp3) is 0.200. The number of nitro benzene ring substituents is 1. The van der Waals surface area contributed by atoms with Gasteiger partial charge in [-0.25, -0.2) is 0 Å². The van der Waals surface area contributed by atoms with E-state index in [1.807, 2.05) is 12.1 Å². The van der Waals surface area contributed by atoms with Crippen molar-refractivity contribution in [1.82, 2.24) is 0 Å². The number of nitrogens with one attached hydrogen (secondary N) is 1. The molecule has 0 bridgehead atoms. The van der Waals surface area contributed by atoms with Gasteiger partial charge in [0.15, 0.2) is 5.75 Å². The van der Waals surface area contributed by atoms with E-state index in [0.29, 0.717) is 10.8 Å². The second kappa shape index (κ2) is 5.61. The van der Waals surface area contributed by atoms with Crippen LogP contribution in [0.2, 0.25) is 5.02 Å². The first-order chi connectivity index (χ1) is 10.1. The van der Waals surface area contributed by atoms with Crippen LogP contribution in [-0.4, -0.2) is 11.5 Å². The van der Waals surface area contributed by atoms with E-state index in [-0.39, 0.29) is 11.4 Å². The third kappa shape index (κ3) is 2.78. The molecule has 6 heteroatoms. The molecule has 0 aliphatic carbocycles. The molecule has 1 heterocycles. The van der Waals surface area contributed by atoms with Crippen molar-refractivity contribution < 1.29 is 9.66 Å². The summed E-state index contributed by atoms with van der Waals surface area (Å²) >= 11 is 5.81. The lowest BCUT2D eigenvalue weighted by Gasteiger charge is -2.20. The van der Waals surface area contributed by atoms with Crippen LogP contribution in [0.15, 0.2) is 36.4 Å². The van der Waals surface area contributed by atoms with Gasteiger partial charge in [-0.2, -0.15) is 0 Å². The molecule has 0 unspecified atom stereocenters. The number of halogens is 1. The quantitative estimate of drug-likeness (QED) is 0.674. The summed E-state index contributed by atoms with van der Waals surface area (Å²) in [4.78, 5) is 10.6. The summed E-state index contributed by atoms with van der Waals surface area (Å²) in [5.74, 6) is 0.780. The van der Waals surface area contributed by atoms with Crippen molar-refractivity contribution in [1.29, 1.82) is 0 Å². The van der Waals surface area contributed by atoms with Gasteiger partial charge < -0.3 is 10.1 Å². The van der Waals surface area contributed by atoms with E-state index in [1.54, 1.807) is 12.1 Å². The molecule has 1 aliphatic rings. The Morgan fingerprint density at radius 2 is 2.10 bits per heavy atom. The first kappa shape index (κ1) is 13.7. The van der Waals surface area contributed by atoms with E-state index < -0.39 is 4.92 Å². The van der Waals surface area contributed by atoms with Crippen LogP contribution in [0, 0.1) is 10.1 Å². The van der Waals surface area contributed by atoms with Gasteiger partial charge in [0.2, 0.25) is 5.75 Å². The van der Waals surface area contributed by atoms with Crippen molar-refractivity contribution in [2.75, 3.05) is 11.9 Å². The van der Waals surface area contributed by atoms with Crippen LogP contribution in [0.3, 0.4) is 0 Å².